The van der Waals surface area contributed by atoms with Crippen molar-refractivity contribution in [2.24, 2.45) is 0 Å². The number of methoxy groups -OCH3 is 1. The van der Waals surface area contributed by atoms with Crippen LogP contribution in [-0.2, 0) is 0 Å². The van der Waals surface area contributed by atoms with Crippen LogP contribution in [0.15, 0.2) is 35.0 Å². The minimum absolute atomic E-state index is 0.00636. The van der Waals surface area contributed by atoms with E-state index in [1.54, 1.807) is 14.0 Å². The molecular formula is C16H19N3O3. The topological polar surface area (TPSA) is 58.8 Å². The Labute approximate surface area is 129 Å². The molecule has 1 fully saturated rings. The first-order valence-corrected chi connectivity index (χ1v) is 7.28. The maximum atomic E-state index is 12.4. The summed E-state index contributed by atoms with van der Waals surface area (Å²) in [7, 11) is 1.66. The van der Waals surface area contributed by atoms with Crippen LogP contribution < -0.4 is 9.64 Å². The number of ether oxygens (including phenoxy) is 1. The average molecular weight is 301 g/mol. The molecule has 2 aromatic rings. The van der Waals surface area contributed by atoms with Crippen LogP contribution in [0.3, 0.4) is 0 Å². The third kappa shape index (κ3) is 2.77. The summed E-state index contributed by atoms with van der Waals surface area (Å²) in [5.41, 5.74) is 1.70. The highest BCUT2D eigenvalue weighted by atomic mass is 16.5. The fourth-order valence-corrected chi connectivity index (χ4v) is 2.64. The predicted molar refractivity (Wildman–Crippen MR) is 82.4 cm³/mol. The number of nitrogens with zero attached hydrogens (tertiary/aromatic N) is 3. The summed E-state index contributed by atoms with van der Waals surface area (Å²) >= 11 is 0. The normalized spacial score (nSPS) is 15.0. The molecule has 0 radical (unpaired) electrons. The number of carbonyl (C=O) groups excluding carboxylic acids is 1. The van der Waals surface area contributed by atoms with Crippen molar-refractivity contribution in [1.29, 1.82) is 0 Å². The van der Waals surface area contributed by atoms with Crippen molar-refractivity contribution in [1.82, 2.24) is 10.1 Å². The number of carbonyl (C=O) groups is 1. The molecular weight excluding hydrogens is 282 g/mol. The predicted octanol–water partition coefficient (Wildman–Crippen LogP) is 1.95. The smallest absolute Gasteiger partial charge is 0.259 e. The summed E-state index contributed by atoms with van der Waals surface area (Å²) in [6, 6.07) is 7.99. The Morgan fingerprint density at radius 1 is 1.18 bits per heavy atom. The molecule has 1 amide bonds. The second-order valence-electron chi connectivity index (χ2n) is 5.27. The number of aromatic nitrogens is 1. The summed E-state index contributed by atoms with van der Waals surface area (Å²) in [6.45, 7) is 4.75. The fourth-order valence-electron chi connectivity index (χ4n) is 2.64. The van der Waals surface area contributed by atoms with Crippen LogP contribution in [0.25, 0.3) is 0 Å². The molecule has 0 aliphatic carbocycles. The Balaban J connectivity index is 1.62. The lowest BCUT2D eigenvalue weighted by molar-refractivity contribution is 0.0745. The molecule has 22 heavy (non-hydrogen) atoms. The molecule has 1 aromatic heterocycles. The molecule has 0 spiro atoms. The summed E-state index contributed by atoms with van der Waals surface area (Å²) in [4.78, 5) is 16.5. The largest absolute Gasteiger partial charge is 0.497 e. The van der Waals surface area contributed by atoms with Gasteiger partial charge in [0.05, 0.1) is 13.3 Å². The molecule has 0 bridgehead atoms. The molecule has 6 nitrogen and oxygen atoms in total. The van der Waals surface area contributed by atoms with Gasteiger partial charge in [-0.2, -0.15) is 0 Å². The van der Waals surface area contributed by atoms with Gasteiger partial charge in [0.1, 0.15) is 17.1 Å². The Kier molecular flexibility index (Phi) is 4.00. The van der Waals surface area contributed by atoms with Crippen molar-refractivity contribution in [3.63, 3.8) is 0 Å². The van der Waals surface area contributed by atoms with Gasteiger partial charge in [0.15, 0.2) is 0 Å². The lowest BCUT2D eigenvalue weighted by atomic mass is 10.2. The first kappa shape index (κ1) is 14.4. The van der Waals surface area contributed by atoms with E-state index in [0.29, 0.717) is 24.4 Å². The Bertz CT molecular complexity index is 643. The number of rotatable bonds is 3. The van der Waals surface area contributed by atoms with E-state index in [4.69, 9.17) is 9.26 Å². The van der Waals surface area contributed by atoms with Gasteiger partial charge >= 0.3 is 0 Å². The van der Waals surface area contributed by atoms with Crippen LogP contribution in [0.2, 0.25) is 0 Å². The third-order valence-corrected chi connectivity index (χ3v) is 3.99. The zero-order valence-electron chi connectivity index (χ0n) is 12.8. The van der Waals surface area contributed by atoms with Gasteiger partial charge in [-0.15, -0.1) is 0 Å². The van der Waals surface area contributed by atoms with Gasteiger partial charge < -0.3 is 19.1 Å². The van der Waals surface area contributed by atoms with E-state index in [0.717, 1.165) is 24.5 Å². The van der Waals surface area contributed by atoms with Crippen LogP contribution in [0.4, 0.5) is 5.69 Å². The molecule has 0 atom stereocenters. The van der Waals surface area contributed by atoms with Crippen LogP contribution in [0.1, 0.15) is 16.1 Å². The number of benzene rings is 1. The van der Waals surface area contributed by atoms with Crippen molar-refractivity contribution < 1.29 is 14.1 Å². The molecule has 6 heteroatoms. The quantitative estimate of drug-likeness (QED) is 0.867. The van der Waals surface area contributed by atoms with Crippen molar-refractivity contribution >= 4 is 11.6 Å². The third-order valence-electron chi connectivity index (χ3n) is 3.99. The zero-order chi connectivity index (χ0) is 15.5. The van der Waals surface area contributed by atoms with E-state index < -0.39 is 0 Å². The molecule has 1 aromatic carbocycles. The van der Waals surface area contributed by atoms with Gasteiger partial charge in [0.2, 0.25) is 0 Å². The minimum Gasteiger partial charge on any atom is -0.497 e. The summed E-state index contributed by atoms with van der Waals surface area (Å²) < 4.78 is 10.1. The lowest BCUT2D eigenvalue weighted by Crippen LogP contribution is -2.48. The second-order valence-corrected chi connectivity index (χ2v) is 5.27. The maximum Gasteiger partial charge on any atom is 0.259 e. The number of hydrogen-bond acceptors (Lipinski definition) is 5. The average Bonchev–Trinajstić information content (AvgIpc) is 3.00. The number of amides is 1. The highest BCUT2D eigenvalue weighted by Gasteiger charge is 2.24. The van der Waals surface area contributed by atoms with Crippen LogP contribution in [0.5, 0.6) is 5.75 Å². The van der Waals surface area contributed by atoms with E-state index in [2.05, 4.69) is 10.1 Å². The van der Waals surface area contributed by atoms with Crippen molar-refractivity contribution in [3.8, 4) is 5.75 Å². The Morgan fingerprint density at radius 3 is 2.41 bits per heavy atom. The number of piperazine rings is 1. The zero-order valence-corrected chi connectivity index (χ0v) is 12.8. The summed E-state index contributed by atoms with van der Waals surface area (Å²) in [6.07, 6.45) is 1.49. The minimum atomic E-state index is -0.00636. The summed E-state index contributed by atoms with van der Waals surface area (Å²) in [5, 5.41) is 3.67. The van der Waals surface area contributed by atoms with Gasteiger partial charge in [0.25, 0.3) is 5.91 Å². The lowest BCUT2D eigenvalue weighted by Gasteiger charge is -2.36. The Hall–Kier alpha value is -2.50. The Morgan fingerprint density at radius 2 is 1.86 bits per heavy atom. The van der Waals surface area contributed by atoms with E-state index in [9.17, 15) is 4.79 Å². The molecule has 116 valence electrons. The van der Waals surface area contributed by atoms with Crippen LogP contribution in [-0.4, -0.2) is 49.3 Å². The number of hydrogen-bond donors (Lipinski definition) is 0. The van der Waals surface area contributed by atoms with Gasteiger partial charge in [-0.25, -0.2) is 0 Å². The monoisotopic (exact) mass is 301 g/mol. The molecule has 0 saturated carbocycles. The molecule has 3 rings (SSSR count). The van der Waals surface area contributed by atoms with E-state index >= 15 is 0 Å². The van der Waals surface area contributed by atoms with Gasteiger partial charge in [-0.3, -0.25) is 4.79 Å². The fraction of sp³-hybridized carbons (Fsp3) is 0.375. The number of anilines is 1. The van der Waals surface area contributed by atoms with Gasteiger partial charge in [0, 0.05) is 31.9 Å². The molecule has 0 N–H and O–H groups in total. The standard InChI is InChI=1S/C16H19N3O3/c1-12-15(11-17-22-12)16(20)19-9-7-18(8-10-19)13-3-5-14(21-2)6-4-13/h3-6,11H,7-10H2,1-2H3. The highest BCUT2D eigenvalue weighted by molar-refractivity contribution is 5.94. The first-order valence-electron chi connectivity index (χ1n) is 7.28. The molecule has 2 heterocycles. The highest BCUT2D eigenvalue weighted by Crippen LogP contribution is 2.21. The summed E-state index contributed by atoms with van der Waals surface area (Å²) in [5.74, 6) is 1.41. The first-order chi connectivity index (χ1) is 10.7. The second kappa shape index (κ2) is 6.09. The molecule has 1 saturated heterocycles. The van der Waals surface area contributed by atoms with Gasteiger partial charge in [-0.1, -0.05) is 5.16 Å². The van der Waals surface area contributed by atoms with E-state index in [1.807, 2.05) is 29.2 Å². The number of aryl methyl sites for hydroxylation is 1. The van der Waals surface area contributed by atoms with E-state index in [-0.39, 0.29) is 5.91 Å². The maximum absolute atomic E-state index is 12.4. The molecule has 0 unspecified atom stereocenters. The van der Waals surface area contributed by atoms with E-state index in [1.165, 1.54) is 6.20 Å². The molecule has 1 aliphatic heterocycles. The SMILES string of the molecule is COc1ccc(N2CCN(C(=O)c3cnoc3C)CC2)cc1. The van der Waals surface area contributed by atoms with Crippen molar-refractivity contribution in [3.05, 3.63) is 41.8 Å². The van der Waals surface area contributed by atoms with Crippen molar-refractivity contribution in [2.75, 3.05) is 38.2 Å². The van der Waals surface area contributed by atoms with Gasteiger partial charge in [-0.05, 0) is 31.2 Å². The molecule has 1 aliphatic rings. The van der Waals surface area contributed by atoms with Crippen LogP contribution in [0, 0.1) is 6.92 Å². The van der Waals surface area contributed by atoms with Crippen LogP contribution >= 0.6 is 0 Å². The van der Waals surface area contributed by atoms with Crippen molar-refractivity contribution in [2.45, 2.75) is 6.92 Å².